The second-order valence-electron chi connectivity index (χ2n) is 5.77. The number of hydrogen-bond acceptors (Lipinski definition) is 4. The van der Waals surface area contributed by atoms with Gasteiger partial charge in [0.1, 0.15) is 0 Å². The van der Waals surface area contributed by atoms with Crippen LogP contribution in [0.5, 0.6) is 11.5 Å². The van der Waals surface area contributed by atoms with Crippen molar-refractivity contribution in [2.24, 2.45) is 0 Å². The Morgan fingerprint density at radius 2 is 1.81 bits per heavy atom. The summed E-state index contributed by atoms with van der Waals surface area (Å²) in [5, 5.41) is 5.56. The molecule has 0 aromatic heterocycles. The van der Waals surface area contributed by atoms with Crippen LogP contribution in [0.15, 0.2) is 48.5 Å². The largest absolute Gasteiger partial charge is 0.493 e. The molecule has 142 valence electrons. The third-order valence-corrected chi connectivity index (χ3v) is 3.76. The first-order valence-corrected chi connectivity index (χ1v) is 8.66. The summed E-state index contributed by atoms with van der Waals surface area (Å²) < 4.78 is 10.4. The number of carbonyl (C=O) groups is 2. The van der Waals surface area contributed by atoms with Gasteiger partial charge in [0.25, 0.3) is 5.91 Å². The summed E-state index contributed by atoms with van der Waals surface area (Å²) in [5.41, 5.74) is 1.86. The highest BCUT2D eigenvalue weighted by Gasteiger charge is 2.07. The zero-order chi connectivity index (χ0) is 19.6. The Hall–Kier alpha value is -3.28. The second-order valence-corrected chi connectivity index (χ2v) is 5.77. The third kappa shape index (κ3) is 5.88. The number of carbonyl (C=O) groups excluding carboxylic acids is 2. The van der Waals surface area contributed by atoms with Crippen LogP contribution in [0.2, 0.25) is 0 Å². The lowest BCUT2D eigenvalue weighted by Crippen LogP contribution is -2.24. The quantitative estimate of drug-likeness (QED) is 0.699. The fourth-order valence-corrected chi connectivity index (χ4v) is 2.39. The summed E-state index contributed by atoms with van der Waals surface area (Å²) in [6, 6.07) is 12.2. The van der Waals surface area contributed by atoms with Crippen molar-refractivity contribution in [3.05, 3.63) is 59.7 Å². The van der Waals surface area contributed by atoms with Gasteiger partial charge in [0.05, 0.1) is 14.2 Å². The lowest BCUT2D eigenvalue weighted by molar-refractivity contribution is -0.111. The second kappa shape index (κ2) is 10.0. The number of rotatable bonds is 8. The van der Waals surface area contributed by atoms with Gasteiger partial charge in [-0.15, -0.1) is 0 Å². The van der Waals surface area contributed by atoms with Gasteiger partial charge in [0, 0.05) is 23.9 Å². The fourth-order valence-electron chi connectivity index (χ4n) is 2.39. The molecule has 0 saturated heterocycles. The Morgan fingerprint density at radius 1 is 1.04 bits per heavy atom. The van der Waals surface area contributed by atoms with E-state index in [1.54, 1.807) is 56.7 Å². The highest BCUT2D eigenvalue weighted by molar-refractivity contribution is 6.03. The van der Waals surface area contributed by atoms with E-state index in [1.807, 2.05) is 13.0 Å². The molecule has 6 nitrogen and oxygen atoms in total. The number of anilines is 1. The molecule has 2 amide bonds. The first-order valence-electron chi connectivity index (χ1n) is 8.66. The number of amides is 2. The van der Waals surface area contributed by atoms with Crippen molar-refractivity contribution >= 4 is 23.6 Å². The van der Waals surface area contributed by atoms with E-state index in [0.29, 0.717) is 29.3 Å². The maximum atomic E-state index is 12.2. The Morgan fingerprint density at radius 3 is 2.52 bits per heavy atom. The monoisotopic (exact) mass is 368 g/mol. The van der Waals surface area contributed by atoms with E-state index in [0.717, 1.165) is 12.0 Å². The summed E-state index contributed by atoms with van der Waals surface area (Å²) in [6.45, 7) is 2.60. The molecule has 2 aromatic rings. The molecule has 0 unspecified atom stereocenters. The molecule has 6 heteroatoms. The van der Waals surface area contributed by atoms with Gasteiger partial charge in [0.2, 0.25) is 5.91 Å². The summed E-state index contributed by atoms with van der Waals surface area (Å²) in [5.74, 6) is 0.757. The van der Waals surface area contributed by atoms with E-state index in [-0.39, 0.29) is 11.8 Å². The average molecular weight is 368 g/mol. The van der Waals surface area contributed by atoms with Gasteiger partial charge in [0.15, 0.2) is 11.5 Å². The molecule has 2 aromatic carbocycles. The molecular weight excluding hydrogens is 344 g/mol. The van der Waals surface area contributed by atoms with E-state index >= 15 is 0 Å². The van der Waals surface area contributed by atoms with Crippen LogP contribution < -0.4 is 20.1 Å². The summed E-state index contributed by atoms with van der Waals surface area (Å²) >= 11 is 0. The standard InChI is InChI=1S/C21H24N2O4/c1-4-12-22-21(25)16-6-5-7-17(14-16)23-20(24)11-9-15-8-10-18(26-2)19(13-15)27-3/h5-11,13-14H,4,12H2,1-3H3,(H,22,25)(H,23,24)/b11-9+. The number of methoxy groups -OCH3 is 2. The zero-order valence-electron chi connectivity index (χ0n) is 15.7. The maximum absolute atomic E-state index is 12.2. The molecule has 0 aliphatic rings. The van der Waals surface area contributed by atoms with Crippen molar-refractivity contribution in [3.8, 4) is 11.5 Å². The van der Waals surface area contributed by atoms with Crippen LogP contribution in [0.25, 0.3) is 6.08 Å². The molecule has 0 heterocycles. The molecule has 0 aliphatic carbocycles. The fraction of sp³-hybridized carbons (Fsp3) is 0.238. The summed E-state index contributed by atoms with van der Waals surface area (Å²) in [6.07, 6.45) is 3.96. The van der Waals surface area contributed by atoms with Crippen molar-refractivity contribution in [2.45, 2.75) is 13.3 Å². The third-order valence-electron chi connectivity index (χ3n) is 3.76. The number of hydrogen-bond donors (Lipinski definition) is 2. The van der Waals surface area contributed by atoms with Crippen LogP contribution in [-0.2, 0) is 4.79 Å². The van der Waals surface area contributed by atoms with Crippen molar-refractivity contribution in [2.75, 3.05) is 26.1 Å². The number of nitrogens with one attached hydrogen (secondary N) is 2. The first kappa shape index (κ1) is 20.0. The minimum atomic E-state index is -0.295. The van der Waals surface area contributed by atoms with Crippen LogP contribution in [0, 0.1) is 0 Å². The summed E-state index contributed by atoms with van der Waals surface area (Å²) in [4.78, 5) is 24.2. The van der Waals surface area contributed by atoms with Crippen molar-refractivity contribution in [3.63, 3.8) is 0 Å². The molecule has 0 atom stereocenters. The molecular formula is C21H24N2O4. The minimum absolute atomic E-state index is 0.159. The van der Waals surface area contributed by atoms with Gasteiger partial charge in [-0.25, -0.2) is 0 Å². The highest BCUT2D eigenvalue weighted by atomic mass is 16.5. The first-order chi connectivity index (χ1) is 13.1. The Labute approximate surface area is 159 Å². The maximum Gasteiger partial charge on any atom is 0.251 e. The molecule has 0 fully saturated rings. The molecule has 0 radical (unpaired) electrons. The summed E-state index contributed by atoms with van der Waals surface area (Å²) in [7, 11) is 3.12. The van der Waals surface area contributed by atoms with Gasteiger partial charge in [-0.05, 0) is 48.4 Å². The molecule has 0 spiro atoms. The van der Waals surface area contributed by atoms with Crippen molar-refractivity contribution < 1.29 is 19.1 Å². The van der Waals surface area contributed by atoms with Crippen molar-refractivity contribution in [1.82, 2.24) is 5.32 Å². The molecule has 2 rings (SSSR count). The highest BCUT2D eigenvalue weighted by Crippen LogP contribution is 2.27. The molecule has 0 bridgehead atoms. The van der Waals surface area contributed by atoms with E-state index < -0.39 is 0 Å². The lowest BCUT2D eigenvalue weighted by atomic mass is 10.1. The predicted octanol–water partition coefficient (Wildman–Crippen LogP) is 3.50. The topological polar surface area (TPSA) is 76.7 Å². The average Bonchev–Trinajstić information content (AvgIpc) is 2.70. The molecule has 27 heavy (non-hydrogen) atoms. The van der Waals surface area contributed by atoms with Crippen LogP contribution in [0.4, 0.5) is 5.69 Å². The van der Waals surface area contributed by atoms with Crippen LogP contribution >= 0.6 is 0 Å². The van der Waals surface area contributed by atoms with Crippen LogP contribution in [0.3, 0.4) is 0 Å². The minimum Gasteiger partial charge on any atom is -0.493 e. The lowest BCUT2D eigenvalue weighted by Gasteiger charge is -2.08. The van der Waals surface area contributed by atoms with Crippen LogP contribution in [-0.4, -0.2) is 32.6 Å². The molecule has 0 saturated carbocycles. The number of ether oxygens (including phenoxy) is 2. The molecule has 0 aliphatic heterocycles. The van der Waals surface area contributed by atoms with Gasteiger partial charge >= 0.3 is 0 Å². The Bertz CT molecular complexity index is 831. The number of benzene rings is 2. The zero-order valence-corrected chi connectivity index (χ0v) is 15.7. The van der Waals surface area contributed by atoms with E-state index in [1.165, 1.54) is 6.08 Å². The van der Waals surface area contributed by atoms with Gasteiger partial charge in [-0.3, -0.25) is 9.59 Å². The normalized spacial score (nSPS) is 10.5. The predicted molar refractivity (Wildman–Crippen MR) is 106 cm³/mol. The van der Waals surface area contributed by atoms with Gasteiger partial charge in [-0.2, -0.15) is 0 Å². The van der Waals surface area contributed by atoms with Crippen LogP contribution in [0.1, 0.15) is 29.3 Å². The van der Waals surface area contributed by atoms with E-state index in [9.17, 15) is 9.59 Å². The van der Waals surface area contributed by atoms with E-state index in [2.05, 4.69) is 10.6 Å². The Balaban J connectivity index is 2.03. The van der Waals surface area contributed by atoms with Gasteiger partial charge < -0.3 is 20.1 Å². The van der Waals surface area contributed by atoms with Crippen molar-refractivity contribution in [1.29, 1.82) is 0 Å². The Kier molecular flexibility index (Phi) is 7.43. The SMILES string of the molecule is CCCNC(=O)c1cccc(NC(=O)/C=C/c2ccc(OC)c(OC)c2)c1. The molecule has 2 N–H and O–H groups in total. The smallest absolute Gasteiger partial charge is 0.251 e. The van der Waals surface area contributed by atoms with E-state index in [4.69, 9.17) is 9.47 Å². The van der Waals surface area contributed by atoms with Gasteiger partial charge in [-0.1, -0.05) is 19.1 Å².